The Bertz CT molecular complexity index is 657. The Labute approximate surface area is 102 Å². The Morgan fingerprint density at radius 1 is 1.50 bits per heavy atom. The number of amides is 1. The highest BCUT2D eigenvalue weighted by molar-refractivity contribution is 5.92. The molecular formula is C11H12N4O3. The van der Waals surface area contributed by atoms with Gasteiger partial charge in [-0.15, -0.1) is 0 Å². The van der Waals surface area contributed by atoms with E-state index in [-0.39, 0.29) is 17.7 Å². The third kappa shape index (κ3) is 2.29. The number of pyridine rings is 1. The molecule has 0 radical (unpaired) electrons. The van der Waals surface area contributed by atoms with Crippen LogP contribution >= 0.6 is 0 Å². The molecule has 0 aliphatic heterocycles. The molecule has 7 heteroatoms. The average molecular weight is 248 g/mol. The Morgan fingerprint density at radius 2 is 2.22 bits per heavy atom. The SMILES string of the molecule is Cc1noc(Cn2cc(C(N)=O)cc(C)c2=O)n1. The lowest BCUT2D eigenvalue weighted by molar-refractivity contribution is 0.0999. The first kappa shape index (κ1) is 12.0. The van der Waals surface area contributed by atoms with Gasteiger partial charge in [0, 0.05) is 11.8 Å². The molecule has 2 aromatic heterocycles. The normalized spacial score (nSPS) is 10.6. The molecule has 0 fully saturated rings. The van der Waals surface area contributed by atoms with Crippen LogP contribution in [-0.4, -0.2) is 20.6 Å². The maximum absolute atomic E-state index is 11.9. The van der Waals surface area contributed by atoms with Crippen molar-refractivity contribution in [1.82, 2.24) is 14.7 Å². The second-order valence-electron chi connectivity index (χ2n) is 3.94. The Hall–Kier alpha value is -2.44. The zero-order valence-corrected chi connectivity index (χ0v) is 10.0. The molecule has 0 atom stereocenters. The van der Waals surface area contributed by atoms with E-state index < -0.39 is 5.91 Å². The highest BCUT2D eigenvalue weighted by atomic mass is 16.5. The summed E-state index contributed by atoms with van der Waals surface area (Å²) in [6.45, 7) is 3.41. The quantitative estimate of drug-likeness (QED) is 0.822. The molecule has 1 amide bonds. The molecule has 0 spiro atoms. The van der Waals surface area contributed by atoms with Crippen LogP contribution in [0.5, 0.6) is 0 Å². The van der Waals surface area contributed by atoms with E-state index in [1.807, 2.05) is 0 Å². The predicted octanol–water partition coefficient (Wildman–Crippen LogP) is -0.00466. The monoisotopic (exact) mass is 248 g/mol. The van der Waals surface area contributed by atoms with Gasteiger partial charge in [0.2, 0.25) is 11.8 Å². The van der Waals surface area contributed by atoms with Gasteiger partial charge in [-0.25, -0.2) is 0 Å². The van der Waals surface area contributed by atoms with Gasteiger partial charge in [0.15, 0.2) is 5.82 Å². The molecule has 2 N–H and O–H groups in total. The number of carbonyl (C=O) groups excluding carboxylic acids is 1. The summed E-state index contributed by atoms with van der Waals surface area (Å²) >= 11 is 0. The van der Waals surface area contributed by atoms with Crippen LogP contribution in [0.3, 0.4) is 0 Å². The number of hydrogen-bond acceptors (Lipinski definition) is 5. The number of aromatic nitrogens is 3. The van der Waals surface area contributed by atoms with E-state index in [9.17, 15) is 9.59 Å². The summed E-state index contributed by atoms with van der Waals surface area (Å²) in [6, 6.07) is 1.46. The van der Waals surface area contributed by atoms with Crippen LogP contribution in [0.15, 0.2) is 21.6 Å². The maximum Gasteiger partial charge on any atom is 0.253 e. The molecule has 94 valence electrons. The standard InChI is InChI=1S/C11H12N4O3/c1-6-3-8(10(12)16)4-15(11(6)17)5-9-13-7(2)14-18-9/h3-4H,5H2,1-2H3,(H2,12,16). The largest absolute Gasteiger partial charge is 0.366 e. The Balaban J connectivity index is 2.43. The van der Waals surface area contributed by atoms with Gasteiger partial charge in [-0.3, -0.25) is 9.59 Å². The van der Waals surface area contributed by atoms with Crippen molar-refractivity contribution in [2.75, 3.05) is 0 Å². The first-order valence-corrected chi connectivity index (χ1v) is 5.27. The fourth-order valence-corrected chi connectivity index (χ4v) is 1.59. The second kappa shape index (κ2) is 4.44. The van der Waals surface area contributed by atoms with Gasteiger partial charge < -0.3 is 14.8 Å². The summed E-state index contributed by atoms with van der Waals surface area (Å²) in [6.07, 6.45) is 1.39. The molecule has 0 aliphatic rings. The van der Waals surface area contributed by atoms with E-state index in [0.717, 1.165) is 0 Å². The molecule has 7 nitrogen and oxygen atoms in total. The lowest BCUT2D eigenvalue weighted by atomic mass is 10.2. The number of hydrogen-bond donors (Lipinski definition) is 1. The zero-order chi connectivity index (χ0) is 13.3. The highest BCUT2D eigenvalue weighted by Crippen LogP contribution is 2.03. The number of aryl methyl sites for hydroxylation is 2. The first-order valence-electron chi connectivity index (χ1n) is 5.27. The predicted molar refractivity (Wildman–Crippen MR) is 62.1 cm³/mol. The molecule has 0 bridgehead atoms. The van der Waals surface area contributed by atoms with Crippen molar-refractivity contribution >= 4 is 5.91 Å². The lowest BCUT2D eigenvalue weighted by Gasteiger charge is -2.05. The van der Waals surface area contributed by atoms with Gasteiger partial charge in [-0.2, -0.15) is 4.98 Å². The van der Waals surface area contributed by atoms with Crippen molar-refractivity contribution in [2.24, 2.45) is 5.73 Å². The van der Waals surface area contributed by atoms with Crippen LogP contribution in [0.4, 0.5) is 0 Å². The summed E-state index contributed by atoms with van der Waals surface area (Å²) < 4.78 is 6.25. The molecule has 0 aliphatic carbocycles. The Morgan fingerprint density at radius 3 is 2.78 bits per heavy atom. The van der Waals surface area contributed by atoms with E-state index in [2.05, 4.69) is 10.1 Å². The molecule has 0 unspecified atom stereocenters. The first-order chi connectivity index (χ1) is 8.47. The van der Waals surface area contributed by atoms with Gasteiger partial charge in [-0.05, 0) is 19.9 Å². The maximum atomic E-state index is 11.9. The average Bonchev–Trinajstić information content (AvgIpc) is 2.70. The van der Waals surface area contributed by atoms with E-state index in [1.54, 1.807) is 13.8 Å². The fraction of sp³-hybridized carbons (Fsp3) is 0.273. The second-order valence-corrected chi connectivity index (χ2v) is 3.94. The van der Waals surface area contributed by atoms with Crippen molar-refractivity contribution in [3.8, 4) is 0 Å². The number of primary amides is 1. The van der Waals surface area contributed by atoms with E-state index in [4.69, 9.17) is 10.3 Å². The number of carbonyl (C=O) groups is 1. The number of nitrogens with zero attached hydrogens (tertiary/aromatic N) is 3. The molecule has 0 saturated carbocycles. The van der Waals surface area contributed by atoms with Crippen LogP contribution < -0.4 is 11.3 Å². The van der Waals surface area contributed by atoms with Crippen molar-refractivity contribution in [1.29, 1.82) is 0 Å². The third-order valence-electron chi connectivity index (χ3n) is 2.42. The lowest BCUT2D eigenvalue weighted by Crippen LogP contribution is -2.25. The van der Waals surface area contributed by atoms with Crippen molar-refractivity contribution in [3.05, 3.63) is 45.5 Å². The molecule has 18 heavy (non-hydrogen) atoms. The minimum absolute atomic E-state index is 0.113. The third-order valence-corrected chi connectivity index (χ3v) is 2.42. The topological polar surface area (TPSA) is 104 Å². The van der Waals surface area contributed by atoms with Crippen molar-refractivity contribution < 1.29 is 9.32 Å². The van der Waals surface area contributed by atoms with Gasteiger partial charge in [0.05, 0.1) is 5.56 Å². The minimum atomic E-state index is -0.589. The molecular weight excluding hydrogens is 236 g/mol. The van der Waals surface area contributed by atoms with Crippen LogP contribution in [0, 0.1) is 13.8 Å². The number of nitrogens with two attached hydrogens (primary N) is 1. The molecule has 0 saturated heterocycles. The van der Waals surface area contributed by atoms with E-state index in [0.29, 0.717) is 17.3 Å². The van der Waals surface area contributed by atoms with Crippen LogP contribution in [0.25, 0.3) is 0 Å². The molecule has 2 heterocycles. The smallest absolute Gasteiger partial charge is 0.253 e. The van der Waals surface area contributed by atoms with Gasteiger partial charge in [-0.1, -0.05) is 5.16 Å². The van der Waals surface area contributed by atoms with E-state index in [1.165, 1.54) is 16.8 Å². The van der Waals surface area contributed by atoms with Crippen molar-refractivity contribution in [3.63, 3.8) is 0 Å². The summed E-state index contributed by atoms with van der Waals surface area (Å²) in [5, 5.41) is 3.63. The number of rotatable bonds is 3. The minimum Gasteiger partial charge on any atom is -0.366 e. The van der Waals surface area contributed by atoms with Crippen LogP contribution in [0.2, 0.25) is 0 Å². The van der Waals surface area contributed by atoms with Gasteiger partial charge in [0.1, 0.15) is 6.54 Å². The zero-order valence-electron chi connectivity index (χ0n) is 10.0. The molecule has 2 rings (SSSR count). The Kier molecular flexibility index (Phi) is 2.97. The van der Waals surface area contributed by atoms with E-state index >= 15 is 0 Å². The molecule has 0 aromatic carbocycles. The summed E-state index contributed by atoms with van der Waals surface area (Å²) in [5.41, 5.74) is 5.67. The summed E-state index contributed by atoms with van der Waals surface area (Å²) in [7, 11) is 0. The van der Waals surface area contributed by atoms with Crippen LogP contribution in [0.1, 0.15) is 27.6 Å². The summed E-state index contributed by atoms with van der Waals surface area (Å²) in [5.74, 6) is 0.199. The fourth-order valence-electron chi connectivity index (χ4n) is 1.59. The van der Waals surface area contributed by atoms with Gasteiger partial charge in [0.25, 0.3) is 5.56 Å². The van der Waals surface area contributed by atoms with Crippen molar-refractivity contribution in [2.45, 2.75) is 20.4 Å². The highest BCUT2D eigenvalue weighted by Gasteiger charge is 2.10. The van der Waals surface area contributed by atoms with Gasteiger partial charge >= 0.3 is 0 Å². The summed E-state index contributed by atoms with van der Waals surface area (Å²) in [4.78, 5) is 27.0. The van der Waals surface area contributed by atoms with Crippen LogP contribution in [-0.2, 0) is 6.54 Å². The molecule has 2 aromatic rings.